The van der Waals surface area contributed by atoms with Crippen molar-refractivity contribution in [2.24, 2.45) is 0 Å². The molecule has 102 valence electrons. The second-order valence-corrected chi connectivity index (χ2v) is 5.81. The summed E-state index contributed by atoms with van der Waals surface area (Å²) in [4.78, 5) is 25.5. The molecule has 1 N–H and O–H groups in total. The zero-order valence-electron chi connectivity index (χ0n) is 9.97. The highest BCUT2D eigenvalue weighted by molar-refractivity contribution is 7.08. The van der Waals surface area contributed by atoms with Gasteiger partial charge >= 0.3 is 6.03 Å². The van der Waals surface area contributed by atoms with Crippen LogP contribution < -0.4 is 10.2 Å². The molecule has 1 saturated heterocycles. The summed E-state index contributed by atoms with van der Waals surface area (Å²) in [6.07, 6.45) is 0. The molecule has 0 bridgehead atoms. The lowest BCUT2D eigenvalue weighted by molar-refractivity contribution is -0.118. The minimum atomic E-state index is -0.650. The van der Waals surface area contributed by atoms with Crippen LogP contribution in [0.2, 0.25) is 10.0 Å². The maximum Gasteiger partial charge on any atom is 0.329 e. The Kier molecular flexibility index (Phi) is 3.41. The molecule has 3 amide bonds. The Morgan fingerprint density at radius 1 is 1.15 bits per heavy atom. The number of thiophene rings is 1. The summed E-state index contributed by atoms with van der Waals surface area (Å²) in [7, 11) is 0. The summed E-state index contributed by atoms with van der Waals surface area (Å²) in [6, 6.07) is 5.33. The molecule has 1 atom stereocenters. The molecule has 1 aromatic heterocycles. The molecule has 0 spiro atoms. The molecule has 2 aromatic rings. The van der Waals surface area contributed by atoms with Gasteiger partial charge in [-0.1, -0.05) is 23.2 Å². The molecule has 1 fully saturated rings. The number of hydrogen-bond donors (Lipinski definition) is 1. The number of benzene rings is 1. The fourth-order valence-corrected chi connectivity index (χ4v) is 2.99. The highest BCUT2D eigenvalue weighted by Gasteiger charge is 2.40. The van der Waals surface area contributed by atoms with E-state index in [1.807, 2.05) is 16.8 Å². The van der Waals surface area contributed by atoms with Gasteiger partial charge < -0.3 is 5.32 Å². The highest BCUT2D eigenvalue weighted by Crippen LogP contribution is 2.32. The maximum absolute atomic E-state index is 12.4. The predicted octanol–water partition coefficient (Wildman–Crippen LogP) is 3.85. The largest absolute Gasteiger partial charge is 0.329 e. The van der Waals surface area contributed by atoms with Crippen LogP contribution in [-0.4, -0.2) is 11.9 Å². The van der Waals surface area contributed by atoms with Crippen LogP contribution in [0.3, 0.4) is 0 Å². The first-order valence-corrected chi connectivity index (χ1v) is 7.39. The summed E-state index contributed by atoms with van der Waals surface area (Å²) in [5, 5.41) is 7.02. The van der Waals surface area contributed by atoms with Gasteiger partial charge in [0.2, 0.25) is 0 Å². The van der Waals surface area contributed by atoms with Gasteiger partial charge in [-0.2, -0.15) is 11.3 Å². The van der Waals surface area contributed by atoms with Crippen LogP contribution >= 0.6 is 34.5 Å². The van der Waals surface area contributed by atoms with E-state index in [1.165, 1.54) is 17.4 Å². The number of anilines is 1. The monoisotopic (exact) mass is 326 g/mol. The normalized spacial score (nSPS) is 18.5. The number of halogens is 2. The van der Waals surface area contributed by atoms with Crippen LogP contribution in [0.4, 0.5) is 10.5 Å². The van der Waals surface area contributed by atoms with Crippen LogP contribution in [0, 0.1) is 0 Å². The van der Waals surface area contributed by atoms with E-state index in [0.29, 0.717) is 15.7 Å². The van der Waals surface area contributed by atoms with Gasteiger partial charge in [-0.05, 0) is 40.6 Å². The van der Waals surface area contributed by atoms with E-state index in [-0.39, 0.29) is 5.91 Å². The van der Waals surface area contributed by atoms with Gasteiger partial charge in [-0.25, -0.2) is 9.69 Å². The van der Waals surface area contributed by atoms with Crippen molar-refractivity contribution in [3.05, 3.63) is 50.6 Å². The van der Waals surface area contributed by atoms with Crippen LogP contribution in [0.15, 0.2) is 35.0 Å². The number of nitrogens with one attached hydrogen (secondary N) is 1. The molecule has 0 saturated carbocycles. The second-order valence-electron chi connectivity index (χ2n) is 4.21. The van der Waals surface area contributed by atoms with Crippen LogP contribution in [0.1, 0.15) is 11.6 Å². The minimum absolute atomic E-state index is 0.295. The van der Waals surface area contributed by atoms with Gasteiger partial charge in [0.25, 0.3) is 5.91 Å². The van der Waals surface area contributed by atoms with Crippen molar-refractivity contribution >= 4 is 52.2 Å². The topological polar surface area (TPSA) is 49.4 Å². The molecule has 20 heavy (non-hydrogen) atoms. The SMILES string of the molecule is O=C1NC(c2ccsc2)C(=O)N1c1ccc(Cl)c(Cl)c1. The lowest BCUT2D eigenvalue weighted by Gasteiger charge is -2.13. The van der Waals surface area contributed by atoms with E-state index < -0.39 is 12.1 Å². The second kappa shape index (κ2) is 5.09. The van der Waals surface area contributed by atoms with Crippen LogP contribution in [-0.2, 0) is 4.79 Å². The van der Waals surface area contributed by atoms with Crippen molar-refractivity contribution in [2.45, 2.75) is 6.04 Å². The van der Waals surface area contributed by atoms with Gasteiger partial charge in [-0.3, -0.25) is 4.79 Å². The highest BCUT2D eigenvalue weighted by atomic mass is 35.5. The third kappa shape index (κ3) is 2.18. The third-order valence-electron chi connectivity index (χ3n) is 2.98. The number of carbonyl (C=O) groups excluding carboxylic acids is 2. The first-order chi connectivity index (χ1) is 9.58. The number of carbonyl (C=O) groups is 2. The van der Waals surface area contributed by atoms with Crippen LogP contribution in [0.25, 0.3) is 0 Å². The Balaban J connectivity index is 1.96. The van der Waals surface area contributed by atoms with Gasteiger partial charge in [0.1, 0.15) is 6.04 Å². The summed E-state index contributed by atoms with van der Waals surface area (Å²) < 4.78 is 0. The molecule has 4 nitrogen and oxygen atoms in total. The molecule has 3 rings (SSSR count). The number of hydrogen-bond acceptors (Lipinski definition) is 3. The molecule has 2 heterocycles. The lowest BCUT2D eigenvalue weighted by atomic mass is 10.1. The fourth-order valence-electron chi connectivity index (χ4n) is 2.01. The van der Waals surface area contributed by atoms with Crippen molar-refractivity contribution in [1.82, 2.24) is 5.32 Å². The molecule has 1 unspecified atom stereocenters. The zero-order valence-corrected chi connectivity index (χ0v) is 12.3. The lowest BCUT2D eigenvalue weighted by Crippen LogP contribution is -2.30. The first kappa shape index (κ1) is 13.4. The molecule has 7 heteroatoms. The zero-order chi connectivity index (χ0) is 14.3. The van der Waals surface area contributed by atoms with Crippen molar-refractivity contribution in [1.29, 1.82) is 0 Å². The summed E-state index contributed by atoms with van der Waals surface area (Å²) in [5.74, 6) is -0.327. The summed E-state index contributed by atoms with van der Waals surface area (Å²) in [5.41, 5.74) is 1.18. The molecule has 1 aliphatic heterocycles. The smallest absolute Gasteiger partial charge is 0.321 e. The Hall–Kier alpha value is -1.56. The molecular formula is C13H8Cl2N2O2S. The Bertz CT molecular complexity index is 688. The predicted molar refractivity (Wildman–Crippen MR) is 79.5 cm³/mol. The molecule has 1 aliphatic rings. The van der Waals surface area contributed by atoms with Crippen molar-refractivity contribution in [3.8, 4) is 0 Å². The average molecular weight is 327 g/mol. The number of nitrogens with zero attached hydrogens (tertiary/aromatic N) is 1. The van der Waals surface area contributed by atoms with Crippen LogP contribution in [0.5, 0.6) is 0 Å². The van der Waals surface area contributed by atoms with Crippen molar-refractivity contribution in [2.75, 3.05) is 4.90 Å². The van der Waals surface area contributed by atoms with Crippen molar-refractivity contribution in [3.63, 3.8) is 0 Å². The molecule has 1 aromatic carbocycles. The number of imide groups is 1. The maximum atomic E-state index is 12.4. The number of amides is 3. The Morgan fingerprint density at radius 2 is 1.95 bits per heavy atom. The fraction of sp³-hybridized carbons (Fsp3) is 0.0769. The molecule has 0 radical (unpaired) electrons. The van der Waals surface area contributed by atoms with E-state index in [0.717, 1.165) is 10.5 Å². The van der Waals surface area contributed by atoms with Gasteiger partial charge in [0.05, 0.1) is 15.7 Å². The van der Waals surface area contributed by atoms with Crippen molar-refractivity contribution < 1.29 is 9.59 Å². The Labute approximate surface area is 128 Å². The molecule has 0 aliphatic carbocycles. The number of rotatable bonds is 2. The van der Waals surface area contributed by atoms with E-state index in [2.05, 4.69) is 5.32 Å². The molecular weight excluding hydrogens is 319 g/mol. The van der Waals surface area contributed by atoms with E-state index in [1.54, 1.807) is 12.1 Å². The Morgan fingerprint density at radius 3 is 2.60 bits per heavy atom. The van der Waals surface area contributed by atoms with Gasteiger partial charge in [0.15, 0.2) is 0 Å². The van der Waals surface area contributed by atoms with Gasteiger partial charge in [0, 0.05) is 0 Å². The average Bonchev–Trinajstić information content (AvgIpc) is 3.02. The van der Waals surface area contributed by atoms with E-state index >= 15 is 0 Å². The summed E-state index contributed by atoms with van der Waals surface area (Å²) in [6.45, 7) is 0. The van der Waals surface area contributed by atoms with E-state index in [9.17, 15) is 9.59 Å². The standard InChI is InChI=1S/C13H8Cl2N2O2S/c14-9-2-1-8(5-10(9)15)17-12(18)11(16-13(17)19)7-3-4-20-6-7/h1-6,11H,(H,16,19). The first-order valence-electron chi connectivity index (χ1n) is 5.69. The van der Waals surface area contributed by atoms with E-state index in [4.69, 9.17) is 23.2 Å². The number of urea groups is 1. The quantitative estimate of drug-likeness (QED) is 0.852. The minimum Gasteiger partial charge on any atom is -0.321 e. The summed E-state index contributed by atoms with van der Waals surface area (Å²) >= 11 is 13.2. The third-order valence-corrected chi connectivity index (χ3v) is 4.42. The van der Waals surface area contributed by atoms with Gasteiger partial charge in [-0.15, -0.1) is 0 Å².